The number of hydrogen-bond acceptors (Lipinski definition) is 6. The Bertz CT molecular complexity index is 626. The average Bonchev–Trinajstić information content (AvgIpc) is 2.47. The minimum absolute atomic E-state index is 0.0245. The molecule has 7 nitrogen and oxygen atoms in total. The highest BCUT2D eigenvalue weighted by molar-refractivity contribution is 8.00. The van der Waals surface area contributed by atoms with Crippen molar-refractivity contribution < 1.29 is 24.2 Å². The van der Waals surface area contributed by atoms with Gasteiger partial charge in [-0.2, -0.15) is 0 Å². The number of ether oxygens (including phenoxy) is 1. The van der Waals surface area contributed by atoms with Crippen LogP contribution in [0.3, 0.4) is 0 Å². The number of carboxylic acid groups (broad SMARTS) is 1. The van der Waals surface area contributed by atoms with Gasteiger partial charge in [0.15, 0.2) is 0 Å². The van der Waals surface area contributed by atoms with Crippen LogP contribution in [-0.2, 0) is 19.1 Å². The summed E-state index contributed by atoms with van der Waals surface area (Å²) in [6, 6.07) is -0.317. The number of fused-ring (bicyclic) bond motifs is 1. The molecule has 132 valence electrons. The number of β-lactam (4-membered cyclic amide) rings is 1. The number of carbonyl (C=O) groups is 3. The standard InChI is InChI=1S/C15H22N2O5SSi/c1-9(18)22-7-5-6-10-8-23-14-11(16-24(2,3)4)13(19)17(14)12(10)15(20)21/h5-6,11,14,16H,7-8H2,1-4H3,(H,20,21)/t11?,14-/m0/s1. The molecule has 0 spiro atoms. The van der Waals surface area contributed by atoms with E-state index in [2.05, 4.69) is 24.6 Å². The highest BCUT2D eigenvalue weighted by atomic mass is 32.2. The van der Waals surface area contributed by atoms with E-state index in [1.165, 1.54) is 11.8 Å². The second kappa shape index (κ2) is 7.12. The molecule has 24 heavy (non-hydrogen) atoms. The van der Waals surface area contributed by atoms with E-state index in [-0.39, 0.29) is 29.6 Å². The number of esters is 1. The van der Waals surface area contributed by atoms with Gasteiger partial charge in [-0.15, -0.1) is 11.8 Å². The number of carbonyl (C=O) groups excluding carboxylic acids is 2. The number of hydrogen-bond donors (Lipinski definition) is 2. The molecule has 2 aliphatic rings. The molecule has 0 aromatic carbocycles. The zero-order valence-corrected chi connectivity index (χ0v) is 16.0. The Morgan fingerprint density at radius 1 is 1.46 bits per heavy atom. The van der Waals surface area contributed by atoms with Gasteiger partial charge in [0, 0.05) is 12.7 Å². The van der Waals surface area contributed by atoms with E-state index in [0.717, 1.165) is 0 Å². The van der Waals surface area contributed by atoms with E-state index in [0.29, 0.717) is 11.3 Å². The van der Waals surface area contributed by atoms with Crippen molar-refractivity contribution in [3.63, 3.8) is 0 Å². The van der Waals surface area contributed by atoms with Gasteiger partial charge in [0.05, 0.1) is 0 Å². The predicted molar refractivity (Wildman–Crippen MR) is 93.8 cm³/mol. The first-order chi connectivity index (χ1) is 11.1. The molecule has 1 unspecified atom stereocenters. The number of amides is 1. The summed E-state index contributed by atoms with van der Waals surface area (Å²) in [5.41, 5.74) is 0.576. The molecule has 2 rings (SSSR count). The van der Waals surface area contributed by atoms with Crippen LogP contribution in [0.15, 0.2) is 23.4 Å². The predicted octanol–water partition coefficient (Wildman–Crippen LogP) is 1.15. The second-order valence-electron chi connectivity index (χ2n) is 6.67. The van der Waals surface area contributed by atoms with Crippen LogP contribution < -0.4 is 4.98 Å². The lowest BCUT2D eigenvalue weighted by molar-refractivity contribution is -0.148. The first kappa shape index (κ1) is 18.8. The molecule has 2 atom stereocenters. The molecule has 2 heterocycles. The normalized spacial score (nSPS) is 24.0. The largest absolute Gasteiger partial charge is 0.477 e. The molecule has 2 N–H and O–H groups in total. The van der Waals surface area contributed by atoms with Crippen LogP contribution >= 0.6 is 11.8 Å². The Kier molecular flexibility index (Phi) is 5.56. The van der Waals surface area contributed by atoms with Crippen LogP contribution in [0, 0.1) is 0 Å². The van der Waals surface area contributed by atoms with Gasteiger partial charge in [-0.3, -0.25) is 14.5 Å². The van der Waals surface area contributed by atoms with E-state index < -0.39 is 20.2 Å². The van der Waals surface area contributed by atoms with Crippen molar-refractivity contribution in [1.29, 1.82) is 0 Å². The van der Waals surface area contributed by atoms with Crippen molar-refractivity contribution in [2.45, 2.75) is 38.0 Å². The number of carboxylic acids is 1. The Hall–Kier alpha value is -1.58. The fraction of sp³-hybridized carbons (Fsp3) is 0.533. The molecule has 0 saturated carbocycles. The summed E-state index contributed by atoms with van der Waals surface area (Å²) in [5, 5.41) is 9.34. The molecule has 2 aliphatic heterocycles. The molecular weight excluding hydrogens is 348 g/mol. The molecular formula is C15H22N2O5SSi. The first-order valence-corrected chi connectivity index (χ1v) is 12.2. The van der Waals surface area contributed by atoms with Gasteiger partial charge in [0.25, 0.3) is 0 Å². The first-order valence-electron chi connectivity index (χ1n) is 7.60. The Balaban J connectivity index is 2.17. The zero-order valence-electron chi connectivity index (χ0n) is 14.2. The monoisotopic (exact) mass is 370 g/mol. The van der Waals surface area contributed by atoms with Crippen LogP contribution in [0.4, 0.5) is 0 Å². The Labute approximate surface area is 146 Å². The lowest BCUT2D eigenvalue weighted by Crippen LogP contribution is -2.73. The second-order valence-corrected chi connectivity index (χ2v) is 12.6. The number of rotatable bonds is 6. The minimum atomic E-state index is -1.65. The summed E-state index contributed by atoms with van der Waals surface area (Å²) in [6.45, 7) is 7.70. The summed E-state index contributed by atoms with van der Waals surface area (Å²) in [6.07, 6.45) is 3.20. The van der Waals surface area contributed by atoms with E-state index in [1.807, 2.05) is 0 Å². The number of nitrogens with one attached hydrogen (secondary N) is 1. The number of nitrogens with zero attached hydrogens (tertiary/aromatic N) is 1. The molecule has 1 amide bonds. The lowest BCUT2D eigenvalue weighted by atomic mass is 10.0. The fourth-order valence-corrected chi connectivity index (χ4v) is 5.25. The van der Waals surface area contributed by atoms with Crippen molar-refractivity contribution in [2.75, 3.05) is 12.4 Å². The van der Waals surface area contributed by atoms with Gasteiger partial charge in [0.2, 0.25) is 5.91 Å². The third-order valence-electron chi connectivity index (χ3n) is 3.49. The maximum Gasteiger partial charge on any atom is 0.352 e. The van der Waals surface area contributed by atoms with Crippen LogP contribution in [0.5, 0.6) is 0 Å². The Morgan fingerprint density at radius 2 is 2.12 bits per heavy atom. The van der Waals surface area contributed by atoms with Gasteiger partial charge in [-0.1, -0.05) is 25.7 Å². The van der Waals surface area contributed by atoms with Gasteiger partial charge >= 0.3 is 11.9 Å². The highest BCUT2D eigenvalue weighted by Crippen LogP contribution is 2.41. The van der Waals surface area contributed by atoms with Crippen LogP contribution in [0.1, 0.15) is 6.92 Å². The van der Waals surface area contributed by atoms with Crippen molar-refractivity contribution in [3.05, 3.63) is 23.4 Å². The molecule has 9 heteroatoms. The molecule has 1 fully saturated rings. The highest BCUT2D eigenvalue weighted by Gasteiger charge is 2.54. The SMILES string of the molecule is CC(=O)OCC=CC1=C(C(=O)O)N2C(=O)C(N[Si](C)(C)C)[C@@H]2SC1. The third-order valence-corrected chi connectivity index (χ3v) is 5.97. The number of thioether (sulfide) groups is 1. The number of allylic oxidation sites excluding steroid dienone is 1. The van der Waals surface area contributed by atoms with Crippen LogP contribution in [-0.4, -0.2) is 59.9 Å². The molecule has 0 radical (unpaired) electrons. The van der Waals surface area contributed by atoms with Crippen LogP contribution in [0.25, 0.3) is 0 Å². The van der Waals surface area contributed by atoms with Gasteiger partial charge in [0.1, 0.15) is 32.0 Å². The summed E-state index contributed by atoms with van der Waals surface area (Å²) in [7, 11) is -1.65. The molecule has 0 aliphatic carbocycles. The number of aliphatic carboxylic acids is 1. The molecule has 0 bridgehead atoms. The van der Waals surface area contributed by atoms with Gasteiger partial charge in [-0.25, -0.2) is 4.79 Å². The fourth-order valence-electron chi connectivity index (χ4n) is 2.59. The van der Waals surface area contributed by atoms with E-state index >= 15 is 0 Å². The zero-order chi connectivity index (χ0) is 18.1. The maximum atomic E-state index is 12.4. The smallest absolute Gasteiger partial charge is 0.352 e. The summed E-state index contributed by atoms with van der Waals surface area (Å²) in [5.74, 6) is -1.22. The van der Waals surface area contributed by atoms with E-state index in [1.54, 1.807) is 23.9 Å². The topological polar surface area (TPSA) is 95.9 Å². The molecule has 0 aromatic heterocycles. The third kappa shape index (κ3) is 4.08. The van der Waals surface area contributed by atoms with Gasteiger partial charge in [-0.05, 0) is 11.6 Å². The Morgan fingerprint density at radius 3 is 2.67 bits per heavy atom. The summed E-state index contributed by atoms with van der Waals surface area (Å²) >= 11 is 1.54. The molecule has 0 aromatic rings. The van der Waals surface area contributed by atoms with E-state index in [4.69, 9.17) is 4.74 Å². The lowest BCUT2D eigenvalue weighted by Gasteiger charge is -2.51. The van der Waals surface area contributed by atoms with Crippen molar-refractivity contribution in [1.82, 2.24) is 9.88 Å². The van der Waals surface area contributed by atoms with Gasteiger partial charge < -0.3 is 14.8 Å². The summed E-state index contributed by atoms with van der Waals surface area (Å²) < 4.78 is 4.80. The van der Waals surface area contributed by atoms with Crippen molar-refractivity contribution >= 4 is 37.8 Å². The van der Waals surface area contributed by atoms with Crippen molar-refractivity contribution in [2.24, 2.45) is 0 Å². The maximum absolute atomic E-state index is 12.4. The average molecular weight is 371 g/mol. The summed E-state index contributed by atoms with van der Waals surface area (Å²) in [4.78, 5) is 39.6. The molecule has 1 saturated heterocycles. The minimum Gasteiger partial charge on any atom is -0.477 e. The van der Waals surface area contributed by atoms with Crippen LogP contribution in [0.2, 0.25) is 19.6 Å². The van der Waals surface area contributed by atoms with E-state index in [9.17, 15) is 19.5 Å². The quantitative estimate of drug-likeness (QED) is 0.411. The van der Waals surface area contributed by atoms with Crippen molar-refractivity contribution in [3.8, 4) is 0 Å².